The van der Waals surface area contributed by atoms with Crippen molar-refractivity contribution in [3.8, 4) is 0 Å². The summed E-state index contributed by atoms with van der Waals surface area (Å²) in [5.41, 5.74) is 1.12. The van der Waals surface area contributed by atoms with Gasteiger partial charge in [0.05, 0.1) is 20.1 Å². The number of alkyl halides is 1. The highest BCUT2D eigenvalue weighted by molar-refractivity contribution is 9.09. The van der Waals surface area contributed by atoms with Crippen LogP contribution in [0, 0.1) is 0 Å². The van der Waals surface area contributed by atoms with E-state index >= 15 is 0 Å². The molecule has 0 bridgehead atoms. The van der Waals surface area contributed by atoms with Crippen molar-refractivity contribution in [2.24, 2.45) is 0 Å². The predicted molar refractivity (Wildman–Crippen MR) is 87.2 cm³/mol. The van der Waals surface area contributed by atoms with Gasteiger partial charge in [0.2, 0.25) is 0 Å². The van der Waals surface area contributed by atoms with E-state index < -0.39 is 0 Å². The number of hydrogen-bond donors (Lipinski definition) is 0. The van der Waals surface area contributed by atoms with Crippen LogP contribution in [0.5, 0.6) is 0 Å². The maximum absolute atomic E-state index is 3.71. The highest BCUT2D eigenvalue weighted by Crippen LogP contribution is 2.14. The molecule has 0 spiro atoms. The fourth-order valence-corrected chi connectivity index (χ4v) is 2.93. The van der Waals surface area contributed by atoms with Crippen LogP contribution in [0.3, 0.4) is 0 Å². The second-order valence-corrected chi connectivity index (χ2v) is 6.52. The van der Waals surface area contributed by atoms with E-state index in [2.05, 4.69) is 36.8 Å². The third kappa shape index (κ3) is 13.9. The van der Waals surface area contributed by atoms with Gasteiger partial charge in [-0.1, -0.05) is 52.4 Å². The van der Waals surface area contributed by atoms with Crippen LogP contribution in [0.15, 0.2) is 0 Å². The van der Waals surface area contributed by atoms with Crippen LogP contribution in [-0.2, 0) is 0 Å². The van der Waals surface area contributed by atoms with Crippen LogP contribution < -0.4 is 24.0 Å². The monoisotopic (exact) mass is 447 g/mol. The molecule has 0 aromatic carbocycles. The molecule has 0 saturated heterocycles. The topological polar surface area (TPSA) is 0 Å². The fraction of sp³-hybridized carbons (Fsp3) is 1.00. The molecule has 1 nitrogen and oxygen atoms in total. The van der Waals surface area contributed by atoms with Crippen molar-refractivity contribution in [3.63, 3.8) is 0 Å². The SMILES string of the molecule is CCCCCCCC[N+](C)(CBr)CCCCCC.[I-]. The molecule has 0 saturated carbocycles. The van der Waals surface area contributed by atoms with Gasteiger partial charge in [-0.2, -0.15) is 0 Å². The Bertz CT molecular complexity index is 178. The summed E-state index contributed by atoms with van der Waals surface area (Å²) in [5, 5.41) is 0. The second-order valence-electron chi connectivity index (χ2n) is 6.01. The molecular weight excluding hydrogens is 413 g/mol. The van der Waals surface area contributed by atoms with Gasteiger partial charge in [0, 0.05) is 0 Å². The zero-order valence-electron chi connectivity index (χ0n) is 13.4. The van der Waals surface area contributed by atoms with Gasteiger partial charge in [0.1, 0.15) is 5.45 Å². The number of nitrogens with zero attached hydrogens (tertiary/aromatic N) is 1. The normalized spacial score (nSPS) is 13.9. The first kappa shape index (κ1) is 22.5. The van der Waals surface area contributed by atoms with Gasteiger partial charge in [-0.15, -0.1) is 0 Å². The van der Waals surface area contributed by atoms with Crippen LogP contribution in [0.4, 0.5) is 0 Å². The molecule has 0 aliphatic carbocycles. The second kappa shape index (κ2) is 15.6. The summed E-state index contributed by atoms with van der Waals surface area (Å²) in [6.45, 7) is 7.27. The highest BCUT2D eigenvalue weighted by atomic mass is 127. The lowest BCUT2D eigenvalue weighted by molar-refractivity contribution is -0.896. The molecular formula is C16H35BrIN. The minimum absolute atomic E-state index is 0. The fourth-order valence-electron chi connectivity index (χ4n) is 2.43. The molecule has 118 valence electrons. The molecule has 0 aromatic rings. The van der Waals surface area contributed by atoms with E-state index in [1.165, 1.54) is 81.8 Å². The molecule has 3 heteroatoms. The van der Waals surface area contributed by atoms with Gasteiger partial charge in [0.25, 0.3) is 0 Å². The molecule has 0 aromatic heterocycles. The minimum Gasteiger partial charge on any atom is -1.00 e. The molecule has 1 unspecified atom stereocenters. The van der Waals surface area contributed by atoms with E-state index in [-0.39, 0.29) is 24.0 Å². The zero-order chi connectivity index (χ0) is 13.7. The summed E-state index contributed by atoms with van der Waals surface area (Å²) in [6, 6.07) is 0. The molecule has 0 heterocycles. The Morgan fingerprint density at radius 3 is 1.47 bits per heavy atom. The zero-order valence-corrected chi connectivity index (χ0v) is 17.1. The molecule has 1 atom stereocenters. The van der Waals surface area contributed by atoms with Crippen molar-refractivity contribution in [2.45, 2.75) is 78.1 Å². The van der Waals surface area contributed by atoms with Crippen LogP contribution in [-0.4, -0.2) is 30.1 Å². The van der Waals surface area contributed by atoms with E-state index in [1.807, 2.05) is 0 Å². The van der Waals surface area contributed by atoms with Crippen LogP contribution in [0.1, 0.15) is 78.1 Å². The summed E-state index contributed by atoms with van der Waals surface area (Å²) in [5.74, 6) is 0. The van der Waals surface area contributed by atoms with Gasteiger partial charge in [-0.05, 0) is 41.6 Å². The molecule has 0 aliphatic heterocycles. The smallest absolute Gasteiger partial charge is 0.134 e. The lowest BCUT2D eigenvalue weighted by Gasteiger charge is -2.32. The van der Waals surface area contributed by atoms with E-state index in [4.69, 9.17) is 0 Å². The third-order valence-electron chi connectivity index (χ3n) is 3.89. The van der Waals surface area contributed by atoms with Crippen LogP contribution >= 0.6 is 15.9 Å². The predicted octanol–water partition coefficient (Wildman–Crippen LogP) is 2.73. The van der Waals surface area contributed by atoms with Gasteiger partial charge in [-0.25, -0.2) is 0 Å². The molecule has 0 radical (unpaired) electrons. The number of hydrogen-bond acceptors (Lipinski definition) is 0. The Morgan fingerprint density at radius 2 is 1.05 bits per heavy atom. The van der Waals surface area contributed by atoms with Crippen molar-refractivity contribution in [3.05, 3.63) is 0 Å². The third-order valence-corrected chi connectivity index (χ3v) is 5.10. The largest absolute Gasteiger partial charge is 1.00 e. The summed E-state index contributed by atoms with van der Waals surface area (Å²) in [6.07, 6.45) is 14.0. The Kier molecular flexibility index (Phi) is 18.4. The standard InChI is InChI=1S/C16H35BrN.HI/c1-4-6-8-10-11-13-15-18(3,16-17)14-12-9-7-5-2;/h4-16H2,1-3H3;1H/q+1;/p-1. The summed E-state index contributed by atoms with van der Waals surface area (Å²) >= 11 is 3.71. The minimum atomic E-state index is 0. The summed E-state index contributed by atoms with van der Waals surface area (Å²) < 4.78 is 1.22. The quantitative estimate of drug-likeness (QED) is 0.134. The van der Waals surface area contributed by atoms with Crippen LogP contribution in [0.2, 0.25) is 0 Å². The first-order valence-electron chi connectivity index (χ1n) is 8.08. The average molecular weight is 448 g/mol. The number of halogens is 2. The Hall–Kier alpha value is 1.17. The maximum atomic E-state index is 3.71. The Labute approximate surface area is 147 Å². The van der Waals surface area contributed by atoms with Crippen molar-refractivity contribution >= 4 is 15.9 Å². The van der Waals surface area contributed by atoms with Gasteiger partial charge in [-0.3, -0.25) is 0 Å². The van der Waals surface area contributed by atoms with Crippen molar-refractivity contribution < 1.29 is 28.5 Å². The molecule has 0 N–H and O–H groups in total. The van der Waals surface area contributed by atoms with Crippen molar-refractivity contribution in [1.29, 1.82) is 0 Å². The van der Waals surface area contributed by atoms with Gasteiger partial charge < -0.3 is 28.5 Å². The molecule has 0 rings (SSSR count). The Morgan fingerprint density at radius 1 is 0.684 bits per heavy atom. The number of quaternary nitrogens is 1. The number of unbranched alkanes of at least 4 members (excludes halogenated alkanes) is 8. The van der Waals surface area contributed by atoms with E-state index in [1.54, 1.807) is 0 Å². The lowest BCUT2D eigenvalue weighted by atomic mass is 10.1. The van der Waals surface area contributed by atoms with Gasteiger partial charge in [0.15, 0.2) is 0 Å². The van der Waals surface area contributed by atoms with E-state index in [9.17, 15) is 0 Å². The first-order valence-corrected chi connectivity index (χ1v) is 9.20. The molecule has 0 fully saturated rings. The molecule has 0 amide bonds. The van der Waals surface area contributed by atoms with Crippen molar-refractivity contribution in [2.75, 3.05) is 25.6 Å². The molecule has 0 aliphatic rings. The first-order chi connectivity index (χ1) is 8.68. The van der Waals surface area contributed by atoms with E-state index in [0.717, 1.165) is 5.45 Å². The highest BCUT2D eigenvalue weighted by Gasteiger charge is 2.18. The van der Waals surface area contributed by atoms with E-state index in [0.29, 0.717) is 0 Å². The van der Waals surface area contributed by atoms with Crippen molar-refractivity contribution in [1.82, 2.24) is 0 Å². The summed E-state index contributed by atoms with van der Waals surface area (Å²) in [4.78, 5) is 0. The van der Waals surface area contributed by atoms with Gasteiger partial charge >= 0.3 is 0 Å². The summed E-state index contributed by atoms with van der Waals surface area (Å²) in [7, 11) is 2.41. The number of rotatable bonds is 13. The Balaban J connectivity index is 0. The maximum Gasteiger partial charge on any atom is 0.134 e. The average Bonchev–Trinajstić information content (AvgIpc) is 2.39. The lowest BCUT2D eigenvalue weighted by Crippen LogP contribution is -3.00. The molecule has 19 heavy (non-hydrogen) atoms. The van der Waals surface area contributed by atoms with Crippen LogP contribution in [0.25, 0.3) is 0 Å².